The van der Waals surface area contributed by atoms with Gasteiger partial charge in [-0.05, 0) is 57.7 Å². The topological polar surface area (TPSA) is 44.7 Å². The Morgan fingerprint density at radius 2 is 1.95 bits per heavy atom. The first-order valence-electron chi connectivity index (χ1n) is 7.70. The highest BCUT2D eigenvalue weighted by molar-refractivity contribution is 9.10. The third-order valence-electron chi connectivity index (χ3n) is 4.51. The largest absolute Gasteiger partial charge is 0.591 e. The highest BCUT2D eigenvalue weighted by Crippen LogP contribution is 2.46. The van der Waals surface area contributed by atoms with Crippen LogP contribution >= 0.6 is 15.9 Å². The Hall–Kier alpha value is -0.360. The summed E-state index contributed by atoms with van der Waals surface area (Å²) in [6.07, 6.45) is 2.90. The zero-order valence-corrected chi connectivity index (χ0v) is 15.7. The predicted octanol–water partition coefficient (Wildman–Crippen LogP) is 4.05. The standard InChI is InChI=1S/C17H22BrNO2S/c1-16(2,3)22(20)19-15-14-10-13(18)5-4-12(14)11-17(15)6-8-21-9-7-17/h4-5,10H,6-9,11H2,1-3H3. The van der Waals surface area contributed by atoms with Crippen molar-refractivity contribution in [3.05, 3.63) is 33.8 Å². The minimum atomic E-state index is -1.24. The van der Waals surface area contributed by atoms with Gasteiger partial charge in [0.1, 0.15) is 21.8 Å². The highest BCUT2D eigenvalue weighted by Gasteiger charge is 2.46. The molecular weight excluding hydrogens is 362 g/mol. The molecule has 0 amide bonds. The third-order valence-corrected chi connectivity index (χ3v) is 6.40. The number of ether oxygens (including phenoxy) is 1. The van der Waals surface area contributed by atoms with Crippen molar-refractivity contribution in [2.45, 2.75) is 44.8 Å². The number of hydrogen-bond acceptors (Lipinski definition) is 3. The first kappa shape index (κ1) is 16.5. The summed E-state index contributed by atoms with van der Waals surface area (Å²) in [7, 11) is 0. The summed E-state index contributed by atoms with van der Waals surface area (Å²) in [6, 6.07) is 6.37. The van der Waals surface area contributed by atoms with E-state index in [-0.39, 0.29) is 10.2 Å². The Morgan fingerprint density at radius 3 is 2.59 bits per heavy atom. The van der Waals surface area contributed by atoms with E-state index in [1.165, 1.54) is 5.56 Å². The molecule has 2 aliphatic rings. The lowest BCUT2D eigenvalue weighted by atomic mass is 9.76. The number of hydrogen-bond donors (Lipinski definition) is 0. The molecule has 3 nitrogen and oxygen atoms in total. The van der Waals surface area contributed by atoms with Crippen LogP contribution in [0.2, 0.25) is 0 Å². The van der Waals surface area contributed by atoms with Crippen molar-refractivity contribution in [1.82, 2.24) is 0 Å². The molecule has 1 heterocycles. The number of benzene rings is 1. The van der Waals surface area contributed by atoms with Gasteiger partial charge in [0.2, 0.25) is 0 Å². The van der Waals surface area contributed by atoms with Crippen molar-refractivity contribution < 1.29 is 9.29 Å². The van der Waals surface area contributed by atoms with Gasteiger partial charge in [-0.15, -0.1) is 0 Å². The van der Waals surface area contributed by atoms with E-state index in [4.69, 9.17) is 9.13 Å². The van der Waals surface area contributed by atoms with E-state index >= 15 is 0 Å². The molecule has 1 unspecified atom stereocenters. The van der Waals surface area contributed by atoms with Crippen LogP contribution in [0.3, 0.4) is 0 Å². The van der Waals surface area contributed by atoms with Gasteiger partial charge in [0.25, 0.3) is 0 Å². The van der Waals surface area contributed by atoms with Crippen LogP contribution < -0.4 is 0 Å². The summed E-state index contributed by atoms with van der Waals surface area (Å²) < 4.78 is 23.6. The van der Waals surface area contributed by atoms with E-state index in [2.05, 4.69) is 34.1 Å². The minimum Gasteiger partial charge on any atom is -0.591 e. The smallest absolute Gasteiger partial charge is 0.144 e. The Balaban J connectivity index is 2.08. The molecule has 0 bridgehead atoms. The van der Waals surface area contributed by atoms with E-state index in [0.717, 1.165) is 48.2 Å². The molecular formula is C17H22BrNO2S. The molecule has 0 radical (unpaired) electrons. The molecule has 1 saturated heterocycles. The molecule has 1 spiro atoms. The van der Waals surface area contributed by atoms with Gasteiger partial charge >= 0.3 is 0 Å². The van der Waals surface area contributed by atoms with Crippen LogP contribution in [0.15, 0.2) is 27.1 Å². The van der Waals surface area contributed by atoms with Gasteiger partial charge in [0, 0.05) is 28.7 Å². The summed E-state index contributed by atoms with van der Waals surface area (Å²) in [6.45, 7) is 7.44. The van der Waals surface area contributed by atoms with Crippen LogP contribution in [0.1, 0.15) is 44.7 Å². The molecule has 120 valence electrons. The van der Waals surface area contributed by atoms with Crippen molar-refractivity contribution >= 4 is 33.0 Å². The highest BCUT2D eigenvalue weighted by atomic mass is 79.9. The van der Waals surface area contributed by atoms with Crippen LogP contribution in [-0.2, 0) is 22.5 Å². The van der Waals surface area contributed by atoms with Gasteiger partial charge in [-0.25, -0.2) is 0 Å². The lowest BCUT2D eigenvalue weighted by Crippen LogP contribution is -2.37. The molecule has 1 atom stereocenters. The molecule has 0 N–H and O–H groups in total. The van der Waals surface area contributed by atoms with Crippen molar-refractivity contribution in [2.75, 3.05) is 13.2 Å². The summed E-state index contributed by atoms with van der Waals surface area (Å²) in [5, 5.41) is 0. The fourth-order valence-electron chi connectivity index (χ4n) is 3.20. The minimum absolute atomic E-state index is 0.00227. The molecule has 0 aromatic heterocycles. The number of fused-ring (bicyclic) bond motifs is 1. The molecule has 5 heteroatoms. The summed E-state index contributed by atoms with van der Waals surface area (Å²) in [5.41, 5.74) is 3.51. The molecule has 1 aromatic carbocycles. The van der Waals surface area contributed by atoms with E-state index in [1.807, 2.05) is 20.8 Å². The normalized spacial score (nSPS) is 23.8. The fourth-order valence-corrected chi connectivity index (χ4v) is 4.29. The van der Waals surface area contributed by atoms with Crippen molar-refractivity contribution in [3.63, 3.8) is 0 Å². The van der Waals surface area contributed by atoms with Gasteiger partial charge in [-0.2, -0.15) is 0 Å². The monoisotopic (exact) mass is 383 g/mol. The maximum Gasteiger partial charge on any atom is 0.144 e. The SMILES string of the molecule is CC(C)(C)[S+]([O-])N=C1c2cc(Br)ccc2CC12CCOCC2. The first-order chi connectivity index (χ1) is 10.3. The zero-order chi connectivity index (χ0) is 16.0. The quantitative estimate of drug-likeness (QED) is 0.686. The average Bonchev–Trinajstić information content (AvgIpc) is 2.72. The fraction of sp³-hybridized carbons (Fsp3) is 0.588. The van der Waals surface area contributed by atoms with Gasteiger partial charge in [-0.1, -0.05) is 26.4 Å². The molecule has 1 aliphatic carbocycles. The van der Waals surface area contributed by atoms with Crippen molar-refractivity contribution in [1.29, 1.82) is 0 Å². The summed E-state index contributed by atoms with van der Waals surface area (Å²) in [5.74, 6) is 0. The van der Waals surface area contributed by atoms with Crippen molar-refractivity contribution in [3.8, 4) is 0 Å². The molecule has 1 aromatic rings. The Morgan fingerprint density at radius 1 is 1.27 bits per heavy atom. The van der Waals surface area contributed by atoms with Gasteiger partial charge in [0.05, 0.1) is 0 Å². The van der Waals surface area contributed by atoms with Crippen LogP contribution in [0, 0.1) is 5.41 Å². The predicted molar refractivity (Wildman–Crippen MR) is 94.8 cm³/mol. The van der Waals surface area contributed by atoms with E-state index in [9.17, 15) is 4.55 Å². The maximum atomic E-state index is 12.6. The second-order valence-corrected chi connectivity index (χ2v) is 9.99. The van der Waals surface area contributed by atoms with Gasteiger partial charge in [0.15, 0.2) is 0 Å². The zero-order valence-electron chi connectivity index (χ0n) is 13.3. The lowest BCUT2D eigenvalue weighted by molar-refractivity contribution is 0.0477. The van der Waals surface area contributed by atoms with E-state index in [1.54, 1.807) is 0 Å². The Kier molecular flexibility index (Phi) is 4.45. The molecule has 3 rings (SSSR count). The second-order valence-electron chi connectivity index (χ2n) is 7.17. The van der Waals surface area contributed by atoms with Crippen LogP contribution in [0.25, 0.3) is 0 Å². The first-order valence-corrected chi connectivity index (χ1v) is 9.60. The van der Waals surface area contributed by atoms with E-state index < -0.39 is 11.4 Å². The van der Waals surface area contributed by atoms with Crippen LogP contribution in [-0.4, -0.2) is 28.2 Å². The maximum absolute atomic E-state index is 12.6. The van der Waals surface area contributed by atoms with Gasteiger partial charge < -0.3 is 9.29 Å². The summed E-state index contributed by atoms with van der Waals surface area (Å²) in [4.78, 5) is 0. The molecule has 1 aliphatic heterocycles. The number of rotatable bonds is 1. The number of halogens is 1. The third kappa shape index (κ3) is 3.01. The van der Waals surface area contributed by atoms with Crippen LogP contribution in [0.4, 0.5) is 0 Å². The lowest BCUT2D eigenvalue weighted by Gasteiger charge is -2.33. The molecule has 22 heavy (non-hydrogen) atoms. The second kappa shape index (κ2) is 5.93. The van der Waals surface area contributed by atoms with Gasteiger partial charge in [-0.3, -0.25) is 0 Å². The van der Waals surface area contributed by atoms with Crippen LogP contribution in [0.5, 0.6) is 0 Å². The Labute approximate surface area is 144 Å². The average molecular weight is 384 g/mol. The number of nitrogens with zero attached hydrogens (tertiary/aromatic N) is 1. The van der Waals surface area contributed by atoms with Crippen molar-refractivity contribution in [2.24, 2.45) is 9.81 Å². The Bertz CT molecular complexity index is 603. The molecule has 1 fully saturated rings. The summed E-state index contributed by atoms with van der Waals surface area (Å²) >= 11 is 2.32. The molecule has 0 saturated carbocycles. The van der Waals surface area contributed by atoms with E-state index in [0.29, 0.717) is 0 Å².